The fourth-order valence-electron chi connectivity index (χ4n) is 13.7. The molecule has 8 aromatic carbocycles. The Balaban J connectivity index is 0.000000198. The minimum Gasteiger partial charge on any atom is -0.462 e. The van der Waals surface area contributed by atoms with Crippen molar-refractivity contribution in [2.24, 2.45) is 0 Å². The molecule has 4 aliphatic carbocycles. The first-order valence-electron chi connectivity index (χ1n) is 41.9. The lowest BCUT2D eigenvalue weighted by atomic mass is 9.97. The van der Waals surface area contributed by atoms with Crippen molar-refractivity contribution in [1.29, 1.82) is 0 Å². The Morgan fingerprint density at radius 1 is 0.250 bits per heavy atom. The molecule has 0 aliphatic heterocycles. The summed E-state index contributed by atoms with van der Waals surface area (Å²) in [6.45, 7) is 58.9. The van der Waals surface area contributed by atoms with E-state index >= 15 is 0 Å². The molecular formula is C108H104O24. The minimum absolute atomic E-state index is 0.100. The number of esters is 12. The van der Waals surface area contributed by atoms with Crippen molar-refractivity contribution in [2.75, 3.05) is 13.2 Å². The number of carbonyl (C=O) groups excluding carboxylic acids is 12. The van der Waals surface area contributed by atoms with Gasteiger partial charge in [-0.15, -0.1) is 0 Å². The Hall–Kier alpha value is -15.7. The average molecular weight is 1790 g/mol. The largest absolute Gasteiger partial charge is 0.462 e. The number of aryl methyl sites for hydroxylation is 4. The smallest absolute Gasteiger partial charge is 0.338 e. The Kier molecular flexibility index (Phi) is 34.3. The Morgan fingerprint density at radius 3 is 0.735 bits per heavy atom. The molecule has 0 spiro atoms. The van der Waals surface area contributed by atoms with Crippen LogP contribution in [0.5, 0.6) is 46.0 Å². The van der Waals surface area contributed by atoms with Crippen molar-refractivity contribution in [3.63, 3.8) is 0 Å². The van der Waals surface area contributed by atoms with E-state index in [0.717, 1.165) is 129 Å². The molecule has 4 atom stereocenters. The van der Waals surface area contributed by atoms with Gasteiger partial charge in [0.15, 0.2) is 46.0 Å². The van der Waals surface area contributed by atoms with Crippen LogP contribution in [0.15, 0.2) is 292 Å². The third-order valence-electron chi connectivity index (χ3n) is 20.9. The van der Waals surface area contributed by atoms with Crippen molar-refractivity contribution >= 4 is 71.6 Å². The lowest BCUT2D eigenvalue weighted by molar-refractivity contribution is -0.145. The molecule has 4 unspecified atom stereocenters. The van der Waals surface area contributed by atoms with Crippen LogP contribution in [0.1, 0.15) is 163 Å². The quantitative estimate of drug-likeness (QED) is 0.0175. The van der Waals surface area contributed by atoms with Crippen molar-refractivity contribution in [1.82, 2.24) is 0 Å². The molecule has 0 radical (unpaired) electrons. The topological polar surface area (TPSA) is 316 Å². The van der Waals surface area contributed by atoms with Crippen molar-refractivity contribution in [3.05, 3.63) is 337 Å². The van der Waals surface area contributed by atoms with E-state index in [4.69, 9.17) is 56.8 Å². The van der Waals surface area contributed by atoms with Crippen LogP contribution in [0, 0.1) is 0 Å². The van der Waals surface area contributed by atoms with E-state index in [2.05, 4.69) is 91.1 Å². The molecule has 0 aromatic heterocycles. The molecule has 0 bridgehead atoms. The van der Waals surface area contributed by atoms with E-state index in [1.165, 1.54) is 66.5 Å². The van der Waals surface area contributed by atoms with Crippen LogP contribution in [0.3, 0.4) is 0 Å². The van der Waals surface area contributed by atoms with Crippen molar-refractivity contribution < 1.29 is 114 Å². The van der Waals surface area contributed by atoms with Gasteiger partial charge in [0.1, 0.15) is 12.2 Å². The van der Waals surface area contributed by atoms with Gasteiger partial charge in [-0.05, 0) is 258 Å². The molecule has 24 nitrogen and oxygen atoms in total. The number of ether oxygens (including phenoxy) is 12. The normalized spacial score (nSPS) is 14.1. The molecule has 0 saturated heterocycles. The summed E-state index contributed by atoms with van der Waals surface area (Å²) in [7, 11) is 0. The van der Waals surface area contributed by atoms with Crippen molar-refractivity contribution in [3.8, 4) is 90.5 Å². The first-order chi connectivity index (χ1) is 62.5. The number of hydrogen-bond acceptors (Lipinski definition) is 24. The van der Waals surface area contributed by atoms with Crippen LogP contribution in [0.25, 0.3) is 44.5 Å². The van der Waals surface area contributed by atoms with E-state index in [-0.39, 0.29) is 121 Å². The van der Waals surface area contributed by atoms with Gasteiger partial charge in [-0.25, -0.2) is 57.5 Å². The fourth-order valence-corrected chi connectivity index (χ4v) is 13.7. The second-order valence-electron chi connectivity index (χ2n) is 32.2. The van der Waals surface area contributed by atoms with Gasteiger partial charge in [-0.3, -0.25) is 0 Å². The zero-order valence-electron chi connectivity index (χ0n) is 75.7. The number of rotatable bonds is 30. The van der Waals surface area contributed by atoms with Crippen LogP contribution >= 0.6 is 0 Å². The lowest BCUT2D eigenvalue weighted by Crippen LogP contribution is -2.12. The van der Waals surface area contributed by atoms with Gasteiger partial charge < -0.3 is 56.8 Å². The Bertz CT molecular complexity index is 6170. The molecule has 132 heavy (non-hydrogen) atoms. The molecular weight excluding hydrogens is 1680 g/mol. The second kappa shape index (κ2) is 45.3. The van der Waals surface area contributed by atoms with Crippen LogP contribution in [-0.4, -0.2) is 84.8 Å². The van der Waals surface area contributed by atoms with Gasteiger partial charge >= 0.3 is 71.6 Å². The standard InChI is InChI=1S/C28H28O6.2C27H26O6.C26H24O6/c1-16(2)26(29)32-15-22-8-7-21-13-19(9-11-23(21)22)20-10-12-24(33-27(30)17(3)4)25(14-20)34-28(31)18(5)6;1-15(2)25(28)31-22-11-9-20-13-18(7-10-21(20)22)19-8-12-23(32-26(29)16(3)4)24(14-19)33-27(30)17(5)6;1-6-25(28)31-15-21-8-7-20-13-18(9-11-22(20)21)19-10-12-23(32-26(29)16(2)3)24(14-19)33-27(30)17(4)5;1-6-24(27)30-21-11-9-19-13-17(7-10-20(19)21)18-8-12-22(31-25(28)15(2)3)23(14-18)32-26(29)16(4)5/h9-14,22H,1,3,5,7-8,15H2,2,4,6H3;7-8,10,12-14,22H,1,3,5,9,11H2,2,4,6H3;6,9-14,21H,1-2,4,7-8,15H2,3,5H3;6-8,10,12-14,21H,1-2,4,9,11H2,3,5H3. The molecule has 0 heterocycles. The molecule has 0 amide bonds. The maximum absolute atomic E-state index is 12.2. The number of carbonyl (C=O) groups is 12. The van der Waals surface area contributed by atoms with Crippen molar-refractivity contribution in [2.45, 2.75) is 145 Å². The highest BCUT2D eigenvalue weighted by atomic mass is 16.6. The number of benzene rings is 8. The van der Waals surface area contributed by atoms with Crippen LogP contribution in [0.4, 0.5) is 0 Å². The molecule has 24 heteroatoms. The molecule has 8 aromatic rings. The van der Waals surface area contributed by atoms with Crippen LogP contribution < -0.4 is 37.9 Å². The summed E-state index contributed by atoms with van der Waals surface area (Å²) < 4.78 is 64.5. The minimum atomic E-state index is -0.629. The Morgan fingerprint density at radius 2 is 0.470 bits per heavy atom. The molecule has 0 fully saturated rings. The second-order valence-corrected chi connectivity index (χ2v) is 32.2. The predicted octanol–water partition coefficient (Wildman–Crippen LogP) is 21.0. The SMILES string of the molecule is C=C(C)C(=O)OCC1CCc2cc(-c3ccc(OC(=O)C(=C)C)c(OC(=O)C(=C)C)c3)ccc21.C=C(C)C(=O)Oc1ccc(-c2ccc3c(c2)CCC3OC(=O)C(=C)C)cc1OC(=O)C(=C)C.C=CC(=O)OC1CCc2cc(-c3ccc(OC(=O)C(=C)C)c(OC(=O)C(=C)C)c3)ccc21.C=CC(=O)OCC1CCc2cc(-c3ccc(OC(=O)C(=C)C)c(OC(=O)C(=C)C)c3)ccc21. The summed E-state index contributed by atoms with van der Waals surface area (Å²) >= 11 is 0. The highest BCUT2D eigenvalue weighted by molar-refractivity contribution is 5.96. The molecule has 0 N–H and O–H groups in total. The van der Waals surface area contributed by atoms with Gasteiger partial charge in [0.25, 0.3) is 0 Å². The monoisotopic (exact) mass is 1780 g/mol. The third kappa shape index (κ3) is 26.7. The van der Waals surface area contributed by atoms with E-state index in [9.17, 15) is 57.5 Å². The summed E-state index contributed by atoms with van der Waals surface area (Å²) in [5.74, 6) is -5.46. The van der Waals surface area contributed by atoms with Gasteiger partial charge in [-0.2, -0.15) is 0 Å². The lowest BCUT2D eigenvalue weighted by Gasteiger charge is -2.15. The summed E-state index contributed by atoms with van der Waals surface area (Å²) in [6.07, 6.45) is 8.18. The van der Waals surface area contributed by atoms with Gasteiger partial charge in [0.05, 0.1) is 13.2 Å². The molecule has 0 saturated carbocycles. The van der Waals surface area contributed by atoms with E-state index in [1.807, 2.05) is 60.7 Å². The first-order valence-corrected chi connectivity index (χ1v) is 41.9. The van der Waals surface area contributed by atoms with Crippen LogP contribution in [-0.2, 0) is 102 Å². The molecule has 4 aliphatic rings. The predicted molar refractivity (Wildman–Crippen MR) is 499 cm³/mol. The number of hydrogen-bond donors (Lipinski definition) is 0. The fraction of sp³-hybridized carbons (Fsp3) is 0.222. The summed E-state index contributed by atoms with van der Waals surface area (Å²) in [5, 5.41) is 0. The average Bonchev–Trinajstić information content (AvgIpc) is 1.32. The molecule has 680 valence electrons. The van der Waals surface area contributed by atoms with Gasteiger partial charge in [-0.1, -0.05) is 176 Å². The third-order valence-corrected chi connectivity index (χ3v) is 20.9. The highest BCUT2D eigenvalue weighted by Crippen LogP contribution is 2.45. The van der Waals surface area contributed by atoms with E-state index in [1.54, 1.807) is 86.6 Å². The van der Waals surface area contributed by atoms with E-state index < -0.39 is 65.7 Å². The first kappa shape index (κ1) is 100. The van der Waals surface area contributed by atoms with Gasteiger partial charge in [0.2, 0.25) is 0 Å². The maximum Gasteiger partial charge on any atom is 0.338 e. The summed E-state index contributed by atoms with van der Waals surface area (Å²) in [6, 6.07) is 43.9. The van der Waals surface area contributed by atoms with Gasteiger partial charge in [0, 0.05) is 79.7 Å². The van der Waals surface area contributed by atoms with E-state index in [0.29, 0.717) is 37.2 Å². The number of fused-ring (bicyclic) bond motifs is 4. The maximum atomic E-state index is 12.2. The van der Waals surface area contributed by atoms with Crippen LogP contribution in [0.2, 0.25) is 0 Å². The molecule has 12 rings (SSSR count). The summed E-state index contributed by atoms with van der Waals surface area (Å²) in [5.41, 5.74) is 17.9. The zero-order valence-corrected chi connectivity index (χ0v) is 75.7. The zero-order chi connectivity index (χ0) is 96.8. The Labute approximate surface area is 767 Å². The summed E-state index contributed by atoms with van der Waals surface area (Å²) in [4.78, 5) is 143. The highest BCUT2D eigenvalue weighted by Gasteiger charge is 2.32.